The fourth-order valence-corrected chi connectivity index (χ4v) is 4.71. The Balaban J connectivity index is 1.55. The summed E-state index contributed by atoms with van der Waals surface area (Å²) in [5.41, 5.74) is 3.22. The zero-order valence-corrected chi connectivity index (χ0v) is 18.7. The monoisotopic (exact) mass is 472 g/mol. The number of aromatic nitrogens is 5. The van der Waals surface area contributed by atoms with E-state index in [1.807, 2.05) is 10.9 Å². The van der Waals surface area contributed by atoms with Crippen LogP contribution in [-0.4, -0.2) is 51.6 Å². The molecule has 0 unspecified atom stereocenters. The van der Waals surface area contributed by atoms with Crippen molar-refractivity contribution in [3.63, 3.8) is 0 Å². The molecule has 1 aliphatic rings. The number of piperidine rings is 1. The summed E-state index contributed by atoms with van der Waals surface area (Å²) >= 11 is 6.24. The van der Waals surface area contributed by atoms with Gasteiger partial charge in [-0.05, 0) is 38.1 Å². The lowest BCUT2D eigenvalue weighted by Gasteiger charge is -2.22. The molecule has 1 aromatic carbocycles. The van der Waals surface area contributed by atoms with Gasteiger partial charge in [-0.25, -0.2) is 14.4 Å². The number of nitrogens with one attached hydrogen (secondary N) is 2. The zero-order chi connectivity index (χ0) is 22.9. The highest BCUT2D eigenvalue weighted by Crippen LogP contribution is 2.40. The Bertz CT molecular complexity index is 1280. The summed E-state index contributed by atoms with van der Waals surface area (Å²) in [7, 11) is 1.44. The molecule has 0 radical (unpaired) electrons. The lowest BCUT2D eigenvalue weighted by molar-refractivity contribution is 0.343. The summed E-state index contributed by atoms with van der Waals surface area (Å²) in [6, 6.07) is 2.99. The minimum atomic E-state index is -0.876. The van der Waals surface area contributed by atoms with Crippen LogP contribution in [0.2, 0.25) is 5.02 Å². The first-order valence-corrected chi connectivity index (χ1v) is 11.2. The molecule has 172 valence electrons. The van der Waals surface area contributed by atoms with E-state index in [4.69, 9.17) is 21.3 Å². The average molecular weight is 473 g/mol. The van der Waals surface area contributed by atoms with Crippen LogP contribution in [0.4, 0.5) is 8.78 Å². The van der Waals surface area contributed by atoms with Gasteiger partial charge in [0.05, 0.1) is 36.3 Å². The Morgan fingerprint density at radius 2 is 2.09 bits per heavy atom. The van der Waals surface area contributed by atoms with Crippen LogP contribution in [0.1, 0.15) is 35.9 Å². The average Bonchev–Trinajstić information content (AvgIpc) is 3.50. The highest BCUT2D eigenvalue weighted by atomic mass is 35.5. The van der Waals surface area contributed by atoms with Crippen molar-refractivity contribution in [1.29, 1.82) is 0 Å². The first-order chi connectivity index (χ1) is 16.1. The van der Waals surface area contributed by atoms with E-state index in [0.29, 0.717) is 34.2 Å². The van der Waals surface area contributed by atoms with Gasteiger partial charge in [0.15, 0.2) is 5.65 Å². The lowest BCUT2D eigenvalue weighted by Crippen LogP contribution is -2.29. The molecule has 1 saturated heterocycles. The van der Waals surface area contributed by atoms with Crippen LogP contribution in [0.15, 0.2) is 36.9 Å². The topological polar surface area (TPSA) is 80.6 Å². The number of benzene rings is 1. The summed E-state index contributed by atoms with van der Waals surface area (Å²) in [5.74, 6) is -1.20. The van der Waals surface area contributed by atoms with Crippen molar-refractivity contribution in [2.24, 2.45) is 0 Å². The van der Waals surface area contributed by atoms with Gasteiger partial charge in [0.25, 0.3) is 0 Å². The van der Waals surface area contributed by atoms with Crippen molar-refractivity contribution in [2.45, 2.75) is 24.8 Å². The Hall–Kier alpha value is -3.04. The molecule has 1 atom stereocenters. The maximum Gasteiger partial charge on any atom is 0.156 e. The summed E-state index contributed by atoms with van der Waals surface area (Å²) < 4.78 is 35.9. The third kappa shape index (κ3) is 3.95. The van der Waals surface area contributed by atoms with Crippen molar-refractivity contribution < 1.29 is 13.5 Å². The number of ether oxygens (including phenoxy) is 1. The minimum Gasteiger partial charge on any atom is -0.496 e. The van der Waals surface area contributed by atoms with Crippen molar-refractivity contribution in [3.05, 3.63) is 58.9 Å². The first kappa shape index (κ1) is 21.8. The standard InChI is InChI=1S/C23H23ClF2N6O/c1-33-19-3-2-17(26)21(24)20(19)15(8-25)16-10-28-23-22(16)31-18(11-29-23)13-9-30-32(12-13)14-4-6-27-7-5-14/h2-3,9-12,14-15,27H,4-8H2,1H3,(H,28,29)/t15-/m1/s1. The van der Waals surface area contributed by atoms with E-state index >= 15 is 0 Å². The van der Waals surface area contributed by atoms with Crippen molar-refractivity contribution in [2.75, 3.05) is 26.9 Å². The molecule has 0 bridgehead atoms. The number of nitrogens with zero attached hydrogens (tertiary/aromatic N) is 4. The molecule has 0 aliphatic carbocycles. The van der Waals surface area contributed by atoms with Gasteiger partial charge in [0.2, 0.25) is 0 Å². The first-order valence-electron chi connectivity index (χ1n) is 10.8. The molecule has 7 nitrogen and oxygen atoms in total. The molecule has 0 spiro atoms. The van der Waals surface area contributed by atoms with Crippen LogP contribution in [0.3, 0.4) is 0 Å². The Kier molecular flexibility index (Phi) is 5.99. The maximum atomic E-state index is 14.4. The van der Waals surface area contributed by atoms with Gasteiger partial charge in [-0.15, -0.1) is 0 Å². The Labute approximate surface area is 194 Å². The second-order valence-electron chi connectivity index (χ2n) is 8.07. The third-order valence-electron chi connectivity index (χ3n) is 6.18. The van der Waals surface area contributed by atoms with E-state index < -0.39 is 18.4 Å². The number of H-pyrrole nitrogens is 1. The van der Waals surface area contributed by atoms with Gasteiger partial charge in [-0.2, -0.15) is 5.10 Å². The molecule has 3 aromatic heterocycles. The molecule has 5 rings (SSSR count). The zero-order valence-electron chi connectivity index (χ0n) is 18.0. The quantitative estimate of drug-likeness (QED) is 0.427. The third-order valence-corrected chi connectivity index (χ3v) is 6.57. The summed E-state index contributed by atoms with van der Waals surface area (Å²) in [6.07, 6.45) is 9.06. The normalized spacial score (nSPS) is 15.8. The highest BCUT2D eigenvalue weighted by Gasteiger charge is 2.27. The lowest BCUT2D eigenvalue weighted by atomic mass is 9.92. The van der Waals surface area contributed by atoms with Crippen molar-refractivity contribution >= 4 is 22.8 Å². The molecule has 0 amide bonds. The molecular weight excluding hydrogens is 450 g/mol. The number of halogens is 3. The number of hydrogen-bond acceptors (Lipinski definition) is 5. The molecule has 2 N–H and O–H groups in total. The maximum absolute atomic E-state index is 14.4. The number of alkyl halides is 1. The predicted octanol–water partition coefficient (Wildman–Crippen LogP) is 4.65. The molecule has 33 heavy (non-hydrogen) atoms. The van der Waals surface area contributed by atoms with Crippen LogP contribution in [-0.2, 0) is 0 Å². The second-order valence-corrected chi connectivity index (χ2v) is 8.45. The second kappa shape index (κ2) is 9.07. The SMILES string of the molecule is COc1ccc(F)c(Cl)c1[C@H](CF)c1c[nH]c2ncc(-c3cnn(C4CCNCC4)c3)nc12. The Morgan fingerprint density at radius 1 is 1.27 bits per heavy atom. The van der Waals surface area contributed by atoms with Gasteiger partial charge in [-0.3, -0.25) is 9.07 Å². The van der Waals surface area contributed by atoms with E-state index in [1.165, 1.54) is 19.2 Å². The van der Waals surface area contributed by atoms with Gasteiger partial charge in [-0.1, -0.05) is 11.6 Å². The molecule has 4 aromatic rings. The largest absolute Gasteiger partial charge is 0.496 e. The fraction of sp³-hybridized carbons (Fsp3) is 0.348. The van der Waals surface area contributed by atoms with E-state index in [-0.39, 0.29) is 10.6 Å². The van der Waals surface area contributed by atoms with Gasteiger partial charge >= 0.3 is 0 Å². The van der Waals surface area contributed by atoms with Crippen LogP contribution in [0, 0.1) is 5.82 Å². The Morgan fingerprint density at radius 3 is 2.85 bits per heavy atom. The van der Waals surface area contributed by atoms with Crippen LogP contribution >= 0.6 is 11.6 Å². The summed E-state index contributed by atoms with van der Waals surface area (Å²) in [5, 5.41) is 7.71. The van der Waals surface area contributed by atoms with E-state index in [9.17, 15) is 8.78 Å². The van der Waals surface area contributed by atoms with Crippen LogP contribution in [0.25, 0.3) is 22.4 Å². The molecular formula is C23H23ClF2N6O. The van der Waals surface area contributed by atoms with Gasteiger partial charge < -0.3 is 15.0 Å². The van der Waals surface area contributed by atoms with Gasteiger partial charge in [0.1, 0.15) is 23.8 Å². The van der Waals surface area contributed by atoms with Crippen LogP contribution < -0.4 is 10.1 Å². The predicted molar refractivity (Wildman–Crippen MR) is 122 cm³/mol. The molecule has 0 saturated carbocycles. The van der Waals surface area contributed by atoms with Crippen LogP contribution in [0.5, 0.6) is 5.75 Å². The van der Waals surface area contributed by atoms with Crippen molar-refractivity contribution in [3.8, 4) is 17.0 Å². The number of rotatable bonds is 6. The molecule has 10 heteroatoms. The highest BCUT2D eigenvalue weighted by molar-refractivity contribution is 6.31. The fourth-order valence-electron chi connectivity index (χ4n) is 4.42. The number of fused-ring (bicyclic) bond motifs is 1. The minimum absolute atomic E-state index is 0.168. The number of methoxy groups -OCH3 is 1. The van der Waals surface area contributed by atoms with Gasteiger partial charge in [0, 0.05) is 35.0 Å². The van der Waals surface area contributed by atoms with E-state index in [2.05, 4.69) is 20.4 Å². The smallest absolute Gasteiger partial charge is 0.156 e. The van der Waals surface area contributed by atoms with E-state index in [1.54, 1.807) is 18.6 Å². The van der Waals surface area contributed by atoms with Crippen molar-refractivity contribution in [1.82, 2.24) is 30.0 Å². The van der Waals surface area contributed by atoms with E-state index in [0.717, 1.165) is 31.5 Å². The number of aromatic amines is 1. The molecule has 1 aliphatic heterocycles. The number of hydrogen-bond donors (Lipinski definition) is 2. The summed E-state index contributed by atoms with van der Waals surface area (Å²) in [4.78, 5) is 12.3. The molecule has 1 fully saturated rings. The molecule has 4 heterocycles. The summed E-state index contributed by atoms with van der Waals surface area (Å²) in [6.45, 7) is 1.12.